The molecule has 6 heteroatoms. The molecule has 0 unspecified atom stereocenters. The lowest BCUT2D eigenvalue weighted by Crippen LogP contribution is -2.40. The molecule has 0 radical (unpaired) electrons. The molecule has 2 rings (SSSR count). The zero-order valence-electron chi connectivity index (χ0n) is 13.8. The molecule has 0 aromatic heterocycles. The van der Waals surface area contributed by atoms with Crippen molar-refractivity contribution < 1.29 is 14.7 Å². The van der Waals surface area contributed by atoms with Gasteiger partial charge in [0.1, 0.15) is 0 Å². The van der Waals surface area contributed by atoms with E-state index in [1.54, 1.807) is 24.3 Å². The number of urea groups is 1. The van der Waals surface area contributed by atoms with Gasteiger partial charge < -0.3 is 21.1 Å². The molecule has 0 aliphatic heterocycles. The third kappa shape index (κ3) is 5.56. The molecule has 1 aliphatic carbocycles. The average Bonchev–Trinajstić information content (AvgIpc) is 3.28. The monoisotopic (exact) mass is 319 g/mol. The van der Waals surface area contributed by atoms with Gasteiger partial charge in [-0.3, -0.25) is 4.79 Å². The molecule has 1 aromatic carbocycles. The van der Waals surface area contributed by atoms with Crippen molar-refractivity contribution in [2.45, 2.75) is 45.8 Å². The Balaban J connectivity index is 1.86. The van der Waals surface area contributed by atoms with E-state index in [0.717, 1.165) is 12.8 Å². The van der Waals surface area contributed by atoms with Gasteiger partial charge in [0.25, 0.3) is 5.91 Å². The van der Waals surface area contributed by atoms with Crippen LogP contribution in [0.5, 0.6) is 0 Å². The largest absolute Gasteiger partial charge is 0.391 e. The van der Waals surface area contributed by atoms with Crippen LogP contribution in [0.4, 0.5) is 10.5 Å². The quantitative estimate of drug-likeness (QED) is 0.670. The number of hydrogen-bond acceptors (Lipinski definition) is 3. The van der Waals surface area contributed by atoms with Crippen LogP contribution in [0.1, 0.15) is 44.0 Å². The summed E-state index contributed by atoms with van der Waals surface area (Å²) in [6, 6.07) is 6.67. The van der Waals surface area contributed by atoms with Gasteiger partial charge in [-0.25, -0.2) is 4.79 Å². The number of nitrogens with one attached hydrogen (secondary N) is 3. The predicted molar refractivity (Wildman–Crippen MR) is 89.4 cm³/mol. The van der Waals surface area contributed by atoms with E-state index in [-0.39, 0.29) is 17.9 Å². The van der Waals surface area contributed by atoms with E-state index in [0.29, 0.717) is 17.3 Å². The maximum absolute atomic E-state index is 12.0. The summed E-state index contributed by atoms with van der Waals surface area (Å²) < 4.78 is 0. The highest BCUT2D eigenvalue weighted by molar-refractivity contribution is 5.97. The SMILES string of the molecule is CC(C)(C)[C@@H](O)CNC(=O)Nc1cccc(C(=O)NC2CC2)c1. The second-order valence-corrected chi connectivity index (χ2v) is 7.05. The number of benzene rings is 1. The average molecular weight is 319 g/mol. The Hall–Kier alpha value is -2.08. The number of aliphatic hydroxyl groups is 1. The van der Waals surface area contributed by atoms with Crippen LogP contribution in [0, 0.1) is 5.41 Å². The van der Waals surface area contributed by atoms with E-state index in [1.165, 1.54) is 0 Å². The normalized spacial score (nSPS) is 15.7. The highest BCUT2D eigenvalue weighted by Gasteiger charge is 2.24. The van der Waals surface area contributed by atoms with Gasteiger partial charge in [-0.2, -0.15) is 0 Å². The van der Waals surface area contributed by atoms with Crippen molar-refractivity contribution in [3.8, 4) is 0 Å². The Morgan fingerprint density at radius 2 is 2.00 bits per heavy atom. The summed E-state index contributed by atoms with van der Waals surface area (Å²) in [7, 11) is 0. The van der Waals surface area contributed by atoms with Crippen LogP contribution in [0.2, 0.25) is 0 Å². The number of carbonyl (C=O) groups excluding carboxylic acids is 2. The fourth-order valence-electron chi connectivity index (χ4n) is 1.91. The molecule has 1 atom stereocenters. The Morgan fingerprint density at radius 3 is 2.61 bits per heavy atom. The molecule has 1 fully saturated rings. The van der Waals surface area contributed by atoms with Crippen LogP contribution in [-0.2, 0) is 0 Å². The van der Waals surface area contributed by atoms with Gasteiger partial charge in [-0.05, 0) is 36.5 Å². The first-order valence-electron chi connectivity index (χ1n) is 7.89. The van der Waals surface area contributed by atoms with Crippen LogP contribution in [-0.4, -0.2) is 35.7 Å². The standard InChI is InChI=1S/C17H25N3O3/c1-17(2,3)14(21)10-18-16(23)20-13-6-4-5-11(9-13)15(22)19-12-7-8-12/h4-6,9,12,14,21H,7-8,10H2,1-3H3,(H,19,22)(H2,18,20,23)/t14-/m0/s1. The van der Waals surface area contributed by atoms with Gasteiger partial charge in [0.15, 0.2) is 0 Å². The van der Waals surface area contributed by atoms with Crippen LogP contribution in [0.3, 0.4) is 0 Å². The molecule has 0 spiro atoms. The first-order valence-corrected chi connectivity index (χ1v) is 7.89. The van der Waals surface area contributed by atoms with E-state index in [1.807, 2.05) is 20.8 Å². The van der Waals surface area contributed by atoms with Crippen LogP contribution in [0.25, 0.3) is 0 Å². The fourth-order valence-corrected chi connectivity index (χ4v) is 1.91. The van der Waals surface area contributed by atoms with Crippen molar-refractivity contribution >= 4 is 17.6 Å². The molecule has 4 N–H and O–H groups in total. The number of carbonyl (C=O) groups is 2. The zero-order chi connectivity index (χ0) is 17.0. The molecule has 3 amide bonds. The lowest BCUT2D eigenvalue weighted by molar-refractivity contribution is 0.0654. The van der Waals surface area contributed by atoms with Crippen molar-refractivity contribution in [1.29, 1.82) is 0 Å². The first-order chi connectivity index (χ1) is 10.8. The highest BCUT2D eigenvalue weighted by atomic mass is 16.3. The van der Waals surface area contributed by atoms with Gasteiger partial charge in [0.05, 0.1) is 6.10 Å². The van der Waals surface area contributed by atoms with Gasteiger partial charge in [-0.15, -0.1) is 0 Å². The number of amides is 3. The van der Waals surface area contributed by atoms with Gasteiger partial charge in [0, 0.05) is 23.8 Å². The smallest absolute Gasteiger partial charge is 0.319 e. The Morgan fingerprint density at radius 1 is 1.30 bits per heavy atom. The van der Waals surface area contributed by atoms with Crippen molar-refractivity contribution in [2.75, 3.05) is 11.9 Å². The Bertz CT molecular complexity index is 577. The molecule has 0 heterocycles. The van der Waals surface area contributed by atoms with E-state index in [9.17, 15) is 14.7 Å². The molecule has 1 saturated carbocycles. The molecular weight excluding hydrogens is 294 g/mol. The summed E-state index contributed by atoms with van der Waals surface area (Å²) in [4.78, 5) is 23.9. The maximum atomic E-state index is 12.0. The second kappa shape index (κ2) is 7.00. The van der Waals surface area contributed by atoms with Crippen molar-refractivity contribution in [3.05, 3.63) is 29.8 Å². The Kier molecular flexibility index (Phi) is 5.26. The maximum Gasteiger partial charge on any atom is 0.319 e. The fraction of sp³-hybridized carbons (Fsp3) is 0.529. The van der Waals surface area contributed by atoms with Crippen LogP contribution >= 0.6 is 0 Å². The molecule has 6 nitrogen and oxygen atoms in total. The number of hydrogen-bond donors (Lipinski definition) is 4. The summed E-state index contributed by atoms with van der Waals surface area (Å²) in [6.45, 7) is 5.87. The van der Waals surface area contributed by atoms with Crippen molar-refractivity contribution in [2.24, 2.45) is 5.41 Å². The number of aliphatic hydroxyl groups excluding tert-OH is 1. The third-order valence-electron chi connectivity index (χ3n) is 3.75. The predicted octanol–water partition coefficient (Wildman–Crippen LogP) is 2.11. The van der Waals surface area contributed by atoms with Crippen LogP contribution in [0.15, 0.2) is 24.3 Å². The Labute approximate surface area is 136 Å². The summed E-state index contributed by atoms with van der Waals surface area (Å²) in [5.74, 6) is -0.125. The lowest BCUT2D eigenvalue weighted by atomic mass is 9.89. The third-order valence-corrected chi connectivity index (χ3v) is 3.75. The molecule has 0 saturated heterocycles. The minimum atomic E-state index is -0.635. The highest BCUT2D eigenvalue weighted by Crippen LogP contribution is 2.20. The summed E-state index contributed by atoms with van der Waals surface area (Å²) >= 11 is 0. The zero-order valence-corrected chi connectivity index (χ0v) is 13.8. The van der Waals surface area contributed by atoms with Gasteiger partial charge in [-0.1, -0.05) is 26.8 Å². The van der Waals surface area contributed by atoms with Crippen LogP contribution < -0.4 is 16.0 Å². The molecule has 126 valence electrons. The van der Waals surface area contributed by atoms with Gasteiger partial charge >= 0.3 is 6.03 Å². The van der Waals surface area contributed by atoms with Crippen molar-refractivity contribution in [3.63, 3.8) is 0 Å². The topological polar surface area (TPSA) is 90.5 Å². The number of rotatable bonds is 5. The van der Waals surface area contributed by atoms with E-state index in [4.69, 9.17) is 0 Å². The second-order valence-electron chi connectivity index (χ2n) is 7.05. The van der Waals surface area contributed by atoms with E-state index < -0.39 is 12.1 Å². The molecular formula is C17H25N3O3. The van der Waals surface area contributed by atoms with E-state index >= 15 is 0 Å². The number of anilines is 1. The summed E-state index contributed by atoms with van der Waals surface area (Å²) in [5.41, 5.74) is 0.759. The molecule has 23 heavy (non-hydrogen) atoms. The van der Waals surface area contributed by atoms with Gasteiger partial charge in [0.2, 0.25) is 0 Å². The molecule has 1 aliphatic rings. The summed E-state index contributed by atoms with van der Waals surface area (Å²) in [6.07, 6.45) is 1.42. The summed E-state index contributed by atoms with van der Waals surface area (Å²) in [5, 5.41) is 18.1. The minimum absolute atomic E-state index is 0.125. The minimum Gasteiger partial charge on any atom is -0.391 e. The molecule has 1 aromatic rings. The molecule has 0 bridgehead atoms. The van der Waals surface area contributed by atoms with Crippen molar-refractivity contribution in [1.82, 2.24) is 10.6 Å². The first kappa shape index (κ1) is 17.3. The lowest BCUT2D eigenvalue weighted by Gasteiger charge is -2.25. The van der Waals surface area contributed by atoms with E-state index in [2.05, 4.69) is 16.0 Å².